The maximum Gasteiger partial charge on any atom is 0.145 e. The lowest BCUT2D eigenvalue weighted by atomic mass is 10.1. The minimum atomic E-state index is -0.204. The van der Waals surface area contributed by atoms with Crippen molar-refractivity contribution in [2.45, 2.75) is 13.5 Å². The molecular formula is C17H20N2O4. The van der Waals surface area contributed by atoms with E-state index < -0.39 is 0 Å². The van der Waals surface area contributed by atoms with Gasteiger partial charge in [0.2, 0.25) is 0 Å². The Kier molecular flexibility index (Phi) is 5.94. The molecule has 6 heteroatoms. The third-order valence-corrected chi connectivity index (χ3v) is 3.30. The standard InChI is InChI=1S/C17H20N2O4/c1-12-17(21)16(13(11-20)9-19-12)10-18-7-8-23-15-5-3-14(22-2)4-6-15/h3-6,9-10,20-21H,7-8,11H2,1-2H3. The van der Waals surface area contributed by atoms with Crippen LogP contribution in [0.5, 0.6) is 17.2 Å². The van der Waals surface area contributed by atoms with Crippen LogP contribution in [-0.2, 0) is 6.61 Å². The fraction of sp³-hybridized carbons (Fsp3) is 0.294. The lowest BCUT2D eigenvalue weighted by molar-refractivity contribution is 0.280. The summed E-state index contributed by atoms with van der Waals surface area (Å²) < 4.78 is 10.6. The maximum absolute atomic E-state index is 9.99. The number of aromatic nitrogens is 1. The summed E-state index contributed by atoms with van der Waals surface area (Å²) in [4.78, 5) is 8.23. The van der Waals surface area contributed by atoms with Crippen molar-refractivity contribution in [1.82, 2.24) is 4.98 Å². The zero-order chi connectivity index (χ0) is 16.7. The van der Waals surface area contributed by atoms with Crippen molar-refractivity contribution in [2.24, 2.45) is 4.99 Å². The van der Waals surface area contributed by atoms with Gasteiger partial charge in [-0.1, -0.05) is 0 Å². The van der Waals surface area contributed by atoms with Gasteiger partial charge in [-0.2, -0.15) is 0 Å². The van der Waals surface area contributed by atoms with Gasteiger partial charge in [0.1, 0.15) is 23.9 Å². The number of pyridine rings is 1. The summed E-state index contributed by atoms with van der Waals surface area (Å²) in [6.45, 7) is 2.32. The van der Waals surface area contributed by atoms with E-state index in [0.29, 0.717) is 30.0 Å². The fourth-order valence-corrected chi connectivity index (χ4v) is 1.97. The molecule has 0 spiro atoms. The monoisotopic (exact) mass is 316 g/mol. The average Bonchev–Trinajstić information content (AvgIpc) is 2.58. The molecule has 2 rings (SSSR count). The van der Waals surface area contributed by atoms with E-state index in [4.69, 9.17) is 9.47 Å². The van der Waals surface area contributed by atoms with Crippen LogP contribution in [-0.4, -0.2) is 41.7 Å². The van der Waals surface area contributed by atoms with Crippen LogP contribution < -0.4 is 9.47 Å². The highest BCUT2D eigenvalue weighted by atomic mass is 16.5. The van der Waals surface area contributed by atoms with Crippen molar-refractivity contribution in [2.75, 3.05) is 20.3 Å². The second-order valence-corrected chi connectivity index (χ2v) is 4.85. The van der Waals surface area contributed by atoms with Crippen LogP contribution in [0.4, 0.5) is 0 Å². The van der Waals surface area contributed by atoms with Crippen LogP contribution in [0.15, 0.2) is 35.5 Å². The molecule has 122 valence electrons. The zero-order valence-electron chi connectivity index (χ0n) is 13.2. The summed E-state index contributed by atoms with van der Waals surface area (Å²) in [5.74, 6) is 1.55. The van der Waals surface area contributed by atoms with Gasteiger partial charge in [0, 0.05) is 23.5 Å². The molecule has 0 aliphatic carbocycles. The Morgan fingerprint density at radius 1 is 1.22 bits per heavy atom. The molecule has 0 aliphatic rings. The minimum absolute atomic E-state index is 0.0383. The number of aliphatic hydroxyl groups is 1. The Balaban J connectivity index is 1.91. The summed E-state index contributed by atoms with van der Waals surface area (Å²) in [6.07, 6.45) is 3.07. The Morgan fingerprint density at radius 3 is 2.57 bits per heavy atom. The molecule has 0 saturated carbocycles. The lowest BCUT2D eigenvalue weighted by Crippen LogP contribution is -2.03. The van der Waals surface area contributed by atoms with Crippen LogP contribution in [0.3, 0.4) is 0 Å². The summed E-state index contributed by atoms with van der Waals surface area (Å²) in [5.41, 5.74) is 1.52. The number of methoxy groups -OCH3 is 1. The number of aliphatic imine (C=N–C) groups is 1. The van der Waals surface area contributed by atoms with E-state index >= 15 is 0 Å². The molecule has 0 amide bonds. The van der Waals surface area contributed by atoms with Gasteiger partial charge in [-0.15, -0.1) is 0 Å². The minimum Gasteiger partial charge on any atom is -0.505 e. The van der Waals surface area contributed by atoms with Gasteiger partial charge >= 0.3 is 0 Å². The van der Waals surface area contributed by atoms with Crippen LogP contribution in [0.2, 0.25) is 0 Å². The second-order valence-electron chi connectivity index (χ2n) is 4.85. The SMILES string of the molecule is COc1ccc(OCCN=Cc2c(CO)cnc(C)c2O)cc1. The fourth-order valence-electron chi connectivity index (χ4n) is 1.97. The summed E-state index contributed by atoms with van der Waals surface area (Å²) >= 11 is 0. The first-order valence-electron chi connectivity index (χ1n) is 7.20. The van der Waals surface area contributed by atoms with E-state index in [-0.39, 0.29) is 12.4 Å². The van der Waals surface area contributed by atoms with Gasteiger partial charge < -0.3 is 19.7 Å². The molecule has 1 aromatic carbocycles. The first-order chi connectivity index (χ1) is 11.2. The molecule has 0 atom stereocenters. The first kappa shape index (κ1) is 16.8. The van der Waals surface area contributed by atoms with Crippen molar-refractivity contribution in [1.29, 1.82) is 0 Å². The third kappa shape index (κ3) is 4.43. The van der Waals surface area contributed by atoms with E-state index in [2.05, 4.69) is 9.98 Å². The molecule has 23 heavy (non-hydrogen) atoms. The second kappa shape index (κ2) is 8.14. The molecule has 1 heterocycles. The Morgan fingerprint density at radius 2 is 1.91 bits per heavy atom. The molecule has 0 radical (unpaired) electrons. The highest BCUT2D eigenvalue weighted by Gasteiger charge is 2.08. The van der Waals surface area contributed by atoms with Crippen LogP contribution in [0, 0.1) is 6.92 Å². The molecule has 0 fully saturated rings. The molecule has 0 bridgehead atoms. The Labute approximate surface area is 135 Å². The van der Waals surface area contributed by atoms with E-state index in [9.17, 15) is 10.2 Å². The topological polar surface area (TPSA) is 84.2 Å². The number of aromatic hydroxyl groups is 1. The van der Waals surface area contributed by atoms with Gasteiger partial charge in [0.15, 0.2) is 0 Å². The van der Waals surface area contributed by atoms with Crippen LogP contribution in [0.1, 0.15) is 16.8 Å². The quantitative estimate of drug-likeness (QED) is 0.603. The molecule has 0 aliphatic heterocycles. The van der Waals surface area contributed by atoms with E-state index in [1.54, 1.807) is 14.0 Å². The molecule has 1 aromatic heterocycles. The molecule has 2 N–H and O–H groups in total. The highest BCUT2D eigenvalue weighted by Crippen LogP contribution is 2.22. The lowest BCUT2D eigenvalue weighted by Gasteiger charge is -2.07. The van der Waals surface area contributed by atoms with Crippen molar-refractivity contribution in [3.8, 4) is 17.2 Å². The number of nitrogens with zero attached hydrogens (tertiary/aromatic N) is 2. The van der Waals surface area contributed by atoms with Crippen LogP contribution in [0.25, 0.3) is 0 Å². The van der Waals surface area contributed by atoms with E-state index in [0.717, 1.165) is 11.5 Å². The maximum atomic E-state index is 9.99. The largest absolute Gasteiger partial charge is 0.505 e. The predicted octanol–water partition coefficient (Wildman–Crippen LogP) is 2.09. The predicted molar refractivity (Wildman–Crippen MR) is 87.5 cm³/mol. The number of ether oxygens (including phenoxy) is 2. The average molecular weight is 316 g/mol. The Bertz CT molecular complexity index is 669. The summed E-state index contributed by atoms with van der Waals surface area (Å²) in [5, 5.41) is 19.3. The molecular weight excluding hydrogens is 296 g/mol. The normalized spacial score (nSPS) is 10.9. The molecule has 6 nitrogen and oxygen atoms in total. The summed E-state index contributed by atoms with van der Waals surface area (Å²) in [6, 6.07) is 7.29. The highest BCUT2D eigenvalue weighted by molar-refractivity contribution is 5.85. The number of hydrogen-bond donors (Lipinski definition) is 2. The van der Waals surface area contributed by atoms with E-state index in [1.807, 2.05) is 24.3 Å². The van der Waals surface area contributed by atoms with Crippen molar-refractivity contribution in [3.05, 3.63) is 47.3 Å². The van der Waals surface area contributed by atoms with Crippen molar-refractivity contribution < 1.29 is 19.7 Å². The van der Waals surface area contributed by atoms with E-state index in [1.165, 1.54) is 12.4 Å². The van der Waals surface area contributed by atoms with Gasteiger partial charge in [0.25, 0.3) is 0 Å². The van der Waals surface area contributed by atoms with Gasteiger partial charge in [-0.05, 0) is 31.2 Å². The van der Waals surface area contributed by atoms with Gasteiger partial charge in [0.05, 0.1) is 26.0 Å². The number of rotatable bonds is 7. The smallest absolute Gasteiger partial charge is 0.145 e. The summed E-state index contributed by atoms with van der Waals surface area (Å²) in [7, 11) is 1.61. The number of benzene rings is 1. The van der Waals surface area contributed by atoms with Gasteiger partial charge in [-0.25, -0.2) is 0 Å². The number of hydrogen-bond acceptors (Lipinski definition) is 6. The zero-order valence-corrected chi connectivity index (χ0v) is 13.2. The van der Waals surface area contributed by atoms with Crippen LogP contribution >= 0.6 is 0 Å². The van der Waals surface area contributed by atoms with Crippen molar-refractivity contribution >= 4 is 6.21 Å². The molecule has 2 aromatic rings. The van der Waals surface area contributed by atoms with Crippen molar-refractivity contribution in [3.63, 3.8) is 0 Å². The molecule has 0 unspecified atom stereocenters. The number of aliphatic hydroxyl groups excluding tert-OH is 1. The first-order valence-corrected chi connectivity index (χ1v) is 7.20. The third-order valence-electron chi connectivity index (χ3n) is 3.30. The van der Waals surface area contributed by atoms with Gasteiger partial charge in [-0.3, -0.25) is 9.98 Å². The number of aryl methyl sites for hydroxylation is 1. The Hall–Kier alpha value is -2.60. The molecule has 0 saturated heterocycles.